The van der Waals surface area contributed by atoms with Gasteiger partial charge in [0.1, 0.15) is 23.9 Å². The number of aliphatic hydroxyl groups excluding tert-OH is 1. The van der Waals surface area contributed by atoms with Crippen LogP contribution in [0.1, 0.15) is 12.8 Å². The van der Waals surface area contributed by atoms with Crippen molar-refractivity contribution >= 4 is 21.7 Å². The maximum Gasteiger partial charge on any atom is 0.162 e. The summed E-state index contributed by atoms with van der Waals surface area (Å²) < 4.78 is 10.9. The number of rotatable bonds is 5. The van der Waals surface area contributed by atoms with E-state index in [2.05, 4.69) is 36.4 Å². The zero-order valence-electron chi connectivity index (χ0n) is 13.0. The number of methoxy groups -OCH3 is 1. The molecule has 0 atom stereocenters. The number of hydrogen-bond donors (Lipinski definition) is 1. The van der Waals surface area contributed by atoms with Crippen molar-refractivity contribution in [3.8, 4) is 5.75 Å². The molecule has 118 valence electrons. The van der Waals surface area contributed by atoms with Crippen LogP contribution in [-0.2, 0) is 15.6 Å². The molecule has 1 heterocycles. The van der Waals surface area contributed by atoms with Gasteiger partial charge < -0.3 is 14.6 Å². The summed E-state index contributed by atoms with van der Waals surface area (Å²) in [4.78, 5) is 1.42. The summed E-state index contributed by atoms with van der Waals surface area (Å²) in [6.07, 6.45) is 1.74. The molecule has 1 aliphatic rings. The van der Waals surface area contributed by atoms with Gasteiger partial charge in [-0.1, -0.05) is 18.2 Å². The molecule has 2 aromatic rings. The fraction of sp³-hybridized carbons (Fsp3) is 0.444. The highest BCUT2D eigenvalue weighted by Gasteiger charge is 2.30. The van der Waals surface area contributed by atoms with Gasteiger partial charge >= 0.3 is 0 Å². The molecule has 0 amide bonds. The average Bonchev–Trinajstić information content (AvgIpc) is 2.56. The lowest BCUT2D eigenvalue weighted by Crippen LogP contribution is -2.27. The van der Waals surface area contributed by atoms with Crippen LogP contribution in [0.3, 0.4) is 0 Å². The van der Waals surface area contributed by atoms with E-state index in [1.807, 2.05) is 0 Å². The van der Waals surface area contributed by atoms with E-state index in [0.717, 1.165) is 30.1 Å². The van der Waals surface area contributed by atoms with Gasteiger partial charge in [0, 0.05) is 41.6 Å². The first-order valence-corrected chi connectivity index (χ1v) is 9.35. The summed E-state index contributed by atoms with van der Waals surface area (Å²) >= 11 is 0. The summed E-state index contributed by atoms with van der Waals surface area (Å²) in [5.41, 5.74) is 0. The number of ether oxygens (including phenoxy) is 2. The van der Waals surface area contributed by atoms with Crippen molar-refractivity contribution < 1.29 is 14.6 Å². The SMILES string of the molecule is COCCOc1ccc([S+]2CCC(O)CC2)c2ccccc12. The lowest BCUT2D eigenvalue weighted by molar-refractivity contribution is 0.147. The first kappa shape index (κ1) is 15.7. The average molecular weight is 319 g/mol. The molecule has 3 nitrogen and oxygen atoms in total. The fourth-order valence-electron chi connectivity index (χ4n) is 2.88. The third-order valence-electron chi connectivity index (χ3n) is 4.10. The molecular weight excluding hydrogens is 296 g/mol. The van der Waals surface area contributed by atoms with Gasteiger partial charge in [-0.3, -0.25) is 0 Å². The number of fused-ring (bicyclic) bond motifs is 1. The van der Waals surface area contributed by atoms with E-state index < -0.39 is 0 Å². The number of benzene rings is 2. The minimum Gasteiger partial charge on any atom is -0.491 e. The van der Waals surface area contributed by atoms with E-state index >= 15 is 0 Å². The summed E-state index contributed by atoms with van der Waals surface area (Å²) in [6, 6.07) is 12.8. The lowest BCUT2D eigenvalue weighted by Gasteiger charge is -2.19. The van der Waals surface area contributed by atoms with E-state index in [-0.39, 0.29) is 17.0 Å². The van der Waals surface area contributed by atoms with E-state index in [4.69, 9.17) is 9.47 Å². The quantitative estimate of drug-likeness (QED) is 0.680. The van der Waals surface area contributed by atoms with E-state index in [1.54, 1.807) is 7.11 Å². The predicted molar refractivity (Wildman–Crippen MR) is 91.9 cm³/mol. The Labute approximate surface area is 134 Å². The van der Waals surface area contributed by atoms with Crippen LogP contribution in [0, 0.1) is 0 Å². The molecule has 3 rings (SSSR count). The van der Waals surface area contributed by atoms with Gasteiger partial charge in [0.25, 0.3) is 0 Å². The van der Waals surface area contributed by atoms with Crippen molar-refractivity contribution in [2.75, 3.05) is 31.8 Å². The normalized spacial score (nSPS) is 21.9. The second-order valence-electron chi connectivity index (χ2n) is 5.58. The molecule has 22 heavy (non-hydrogen) atoms. The first-order valence-electron chi connectivity index (χ1n) is 7.78. The topological polar surface area (TPSA) is 38.7 Å². The Kier molecular flexibility index (Phi) is 5.24. The minimum atomic E-state index is -0.105. The second kappa shape index (κ2) is 7.36. The van der Waals surface area contributed by atoms with Crippen molar-refractivity contribution in [3.63, 3.8) is 0 Å². The van der Waals surface area contributed by atoms with Gasteiger partial charge in [-0.2, -0.15) is 0 Å². The van der Waals surface area contributed by atoms with Crippen LogP contribution in [0.5, 0.6) is 5.75 Å². The van der Waals surface area contributed by atoms with Gasteiger partial charge in [0.2, 0.25) is 0 Å². The molecule has 0 bridgehead atoms. The van der Waals surface area contributed by atoms with Gasteiger partial charge in [0.15, 0.2) is 4.90 Å². The molecule has 1 N–H and O–H groups in total. The van der Waals surface area contributed by atoms with Crippen molar-refractivity contribution in [1.29, 1.82) is 0 Å². The lowest BCUT2D eigenvalue weighted by atomic mass is 10.1. The minimum absolute atomic E-state index is 0.105. The molecule has 2 aromatic carbocycles. The Morgan fingerprint density at radius 1 is 1.05 bits per heavy atom. The van der Waals surface area contributed by atoms with Crippen molar-refractivity contribution in [1.82, 2.24) is 0 Å². The van der Waals surface area contributed by atoms with Crippen LogP contribution in [0.15, 0.2) is 41.3 Å². The zero-order valence-corrected chi connectivity index (χ0v) is 13.8. The van der Waals surface area contributed by atoms with Gasteiger partial charge in [-0.05, 0) is 18.2 Å². The van der Waals surface area contributed by atoms with Crippen LogP contribution in [0.4, 0.5) is 0 Å². The van der Waals surface area contributed by atoms with Crippen molar-refractivity contribution in [2.24, 2.45) is 0 Å². The maximum absolute atomic E-state index is 9.72. The largest absolute Gasteiger partial charge is 0.491 e. The first-order chi connectivity index (χ1) is 10.8. The third-order valence-corrected chi connectivity index (χ3v) is 6.53. The van der Waals surface area contributed by atoms with Crippen molar-refractivity contribution in [2.45, 2.75) is 23.8 Å². The molecule has 0 aromatic heterocycles. The summed E-state index contributed by atoms with van der Waals surface area (Å²) in [5.74, 6) is 3.11. The van der Waals surface area contributed by atoms with Crippen LogP contribution in [0.2, 0.25) is 0 Å². The highest BCUT2D eigenvalue weighted by molar-refractivity contribution is 7.97. The highest BCUT2D eigenvalue weighted by atomic mass is 32.2. The zero-order chi connectivity index (χ0) is 15.4. The molecule has 1 aliphatic heterocycles. The second-order valence-corrected chi connectivity index (χ2v) is 7.82. The molecule has 4 heteroatoms. The van der Waals surface area contributed by atoms with E-state index in [0.29, 0.717) is 13.2 Å². The molecule has 1 saturated heterocycles. The Hall–Kier alpha value is -1.23. The maximum atomic E-state index is 9.72. The van der Waals surface area contributed by atoms with Crippen LogP contribution < -0.4 is 4.74 Å². The molecule has 0 spiro atoms. The van der Waals surface area contributed by atoms with Crippen LogP contribution in [0.25, 0.3) is 10.8 Å². The highest BCUT2D eigenvalue weighted by Crippen LogP contribution is 2.34. The Bertz CT molecular complexity index is 621. The van der Waals surface area contributed by atoms with Gasteiger partial charge in [-0.25, -0.2) is 0 Å². The Morgan fingerprint density at radius 3 is 2.50 bits per heavy atom. The van der Waals surface area contributed by atoms with E-state index in [1.165, 1.54) is 15.7 Å². The fourth-order valence-corrected chi connectivity index (χ4v) is 5.39. The summed E-state index contributed by atoms with van der Waals surface area (Å²) in [7, 11) is 1.92. The number of hydrogen-bond acceptors (Lipinski definition) is 3. The van der Waals surface area contributed by atoms with Crippen molar-refractivity contribution in [3.05, 3.63) is 36.4 Å². The van der Waals surface area contributed by atoms with Gasteiger partial charge in [-0.15, -0.1) is 0 Å². The Morgan fingerprint density at radius 2 is 1.77 bits per heavy atom. The third kappa shape index (κ3) is 3.40. The monoisotopic (exact) mass is 319 g/mol. The molecule has 0 saturated carbocycles. The molecule has 1 fully saturated rings. The summed E-state index contributed by atoms with van der Waals surface area (Å²) in [6.45, 7) is 1.16. The summed E-state index contributed by atoms with van der Waals surface area (Å²) in [5, 5.41) is 12.2. The molecule has 0 unspecified atom stereocenters. The van der Waals surface area contributed by atoms with E-state index in [9.17, 15) is 5.11 Å². The predicted octanol–water partition coefficient (Wildman–Crippen LogP) is 3.00. The molecule has 0 radical (unpaired) electrons. The van der Waals surface area contributed by atoms with Crippen LogP contribution in [-0.4, -0.2) is 43.0 Å². The Balaban J connectivity index is 1.90. The smallest absolute Gasteiger partial charge is 0.162 e. The van der Waals surface area contributed by atoms with Gasteiger partial charge in [0.05, 0.1) is 12.7 Å². The molecular formula is C18H23O3S+. The van der Waals surface area contributed by atoms with Crippen LogP contribution >= 0.6 is 0 Å². The standard InChI is InChI=1S/C18H23O3S/c1-20-10-11-21-17-6-7-18(16-5-3-2-4-15(16)17)22-12-8-14(19)9-13-22/h2-7,14,19H,8-13H2,1H3/q+1. The molecule has 0 aliphatic carbocycles. The number of aliphatic hydroxyl groups is 1.